The number of carbonyl (C=O) groups excluding carboxylic acids is 2. The van der Waals surface area contributed by atoms with Crippen molar-refractivity contribution in [1.29, 1.82) is 0 Å². The van der Waals surface area contributed by atoms with E-state index in [2.05, 4.69) is 10.3 Å². The van der Waals surface area contributed by atoms with Crippen LogP contribution in [0.4, 0.5) is 36.8 Å². The molecule has 8 nitrogen and oxygen atoms in total. The third-order valence-corrected chi connectivity index (χ3v) is 6.47. The van der Waals surface area contributed by atoms with E-state index in [0.717, 1.165) is 4.57 Å². The first kappa shape index (κ1) is 30.7. The first-order valence-corrected chi connectivity index (χ1v) is 12.9. The van der Waals surface area contributed by atoms with Crippen molar-refractivity contribution in [3.63, 3.8) is 0 Å². The van der Waals surface area contributed by atoms with E-state index < -0.39 is 65.9 Å². The summed E-state index contributed by atoms with van der Waals surface area (Å²) in [6.07, 6.45) is -6.52. The molecule has 0 aliphatic carbocycles. The minimum Gasteiger partial charge on any atom is -0.444 e. The molecule has 0 saturated heterocycles. The van der Waals surface area contributed by atoms with Crippen molar-refractivity contribution in [3.05, 3.63) is 70.9 Å². The van der Waals surface area contributed by atoms with E-state index >= 15 is 0 Å². The summed E-state index contributed by atoms with van der Waals surface area (Å²) in [6, 6.07) is 6.03. The summed E-state index contributed by atoms with van der Waals surface area (Å²) in [5, 5.41) is 2.47. The Balaban J connectivity index is 1.61. The molecule has 1 atom stereocenters. The number of alkyl halides is 3. The van der Waals surface area contributed by atoms with Crippen LogP contribution in [0.15, 0.2) is 36.4 Å². The molecular formula is C28H29F6N5O3. The lowest BCUT2D eigenvalue weighted by Crippen LogP contribution is -2.45. The Morgan fingerprint density at radius 2 is 1.74 bits per heavy atom. The fourth-order valence-electron chi connectivity index (χ4n) is 4.69. The predicted molar refractivity (Wildman–Crippen MR) is 140 cm³/mol. The maximum absolute atomic E-state index is 14.4. The molecule has 226 valence electrons. The van der Waals surface area contributed by atoms with Gasteiger partial charge in [-0.1, -0.05) is 12.1 Å². The Kier molecular flexibility index (Phi) is 8.46. The van der Waals surface area contributed by atoms with Crippen LogP contribution in [0, 0.1) is 17.5 Å². The zero-order chi connectivity index (χ0) is 31.0. The standard InChI is InChI=1S/C28H29F6N5O3/c1-27(2,3)42-26(41)36-18(10-16-11-20(30)21(31)13-19(16)29)12-23(40)38-7-8-39-22(14-38)24(37-25(39)28(32,33)34)15-5-4-6-17(35)9-15/h4-6,9,11,13,18H,7-8,10,12,14,35H2,1-3H3,(H,36,41)/t18-/m1/s1. The predicted octanol–water partition coefficient (Wildman–Crippen LogP) is 5.44. The van der Waals surface area contributed by atoms with Crippen molar-refractivity contribution < 1.29 is 40.7 Å². The second-order valence-corrected chi connectivity index (χ2v) is 10.9. The second-order valence-electron chi connectivity index (χ2n) is 10.9. The number of rotatable bonds is 6. The number of fused-ring (bicyclic) bond motifs is 1. The number of carbonyl (C=O) groups is 2. The van der Waals surface area contributed by atoms with Crippen LogP contribution >= 0.6 is 0 Å². The van der Waals surface area contributed by atoms with Crippen LogP contribution in [0.2, 0.25) is 0 Å². The topological polar surface area (TPSA) is 102 Å². The van der Waals surface area contributed by atoms with Crippen LogP contribution in [0.3, 0.4) is 0 Å². The molecule has 0 bridgehead atoms. The number of aromatic nitrogens is 2. The number of nitrogen functional groups attached to an aromatic ring is 1. The molecule has 2 amide bonds. The number of hydrogen-bond donors (Lipinski definition) is 2. The molecule has 42 heavy (non-hydrogen) atoms. The molecule has 2 aromatic carbocycles. The highest BCUT2D eigenvalue weighted by Gasteiger charge is 2.41. The lowest BCUT2D eigenvalue weighted by molar-refractivity contribution is -0.148. The Morgan fingerprint density at radius 1 is 1.05 bits per heavy atom. The number of anilines is 1. The van der Waals surface area contributed by atoms with Crippen LogP contribution in [0.1, 0.15) is 44.3 Å². The van der Waals surface area contributed by atoms with Gasteiger partial charge in [0.05, 0.1) is 17.9 Å². The van der Waals surface area contributed by atoms with E-state index in [1.807, 2.05) is 0 Å². The van der Waals surface area contributed by atoms with Gasteiger partial charge in [0.2, 0.25) is 11.7 Å². The van der Waals surface area contributed by atoms with Gasteiger partial charge in [-0.15, -0.1) is 0 Å². The molecule has 0 unspecified atom stereocenters. The summed E-state index contributed by atoms with van der Waals surface area (Å²) in [7, 11) is 0. The van der Waals surface area contributed by atoms with E-state index in [0.29, 0.717) is 23.4 Å². The van der Waals surface area contributed by atoms with Crippen LogP contribution in [-0.2, 0) is 35.2 Å². The van der Waals surface area contributed by atoms with E-state index in [9.17, 15) is 35.9 Å². The fourth-order valence-corrected chi connectivity index (χ4v) is 4.69. The van der Waals surface area contributed by atoms with Crippen molar-refractivity contribution >= 4 is 17.7 Å². The Hall–Kier alpha value is -4.23. The zero-order valence-corrected chi connectivity index (χ0v) is 23.0. The van der Waals surface area contributed by atoms with Gasteiger partial charge < -0.3 is 25.3 Å². The number of imidazole rings is 1. The number of nitrogens with zero attached hydrogens (tertiary/aromatic N) is 3. The van der Waals surface area contributed by atoms with Gasteiger partial charge in [-0.2, -0.15) is 13.2 Å². The maximum atomic E-state index is 14.4. The molecule has 0 saturated carbocycles. The molecule has 3 aromatic rings. The minimum atomic E-state index is -4.75. The van der Waals surface area contributed by atoms with Gasteiger partial charge in [0, 0.05) is 42.9 Å². The number of nitrogens with one attached hydrogen (secondary N) is 1. The number of nitrogens with two attached hydrogens (primary N) is 1. The molecule has 1 aliphatic rings. The van der Waals surface area contributed by atoms with Crippen molar-refractivity contribution in [1.82, 2.24) is 19.8 Å². The highest BCUT2D eigenvalue weighted by molar-refractivity contribution is 5.79. The lowest BCUT2D eigenvalue weighted by atomic mass is 10.0. The molecule has 2 heterocycles. The smallest absolute Gasteiger partial charge is 0.444 e. The van der Waals surface area contributed by atoms with E-state index in [1.54, 1.807) is 39.0 Å². The average Bonchev–Trinajstić information content (AvgIpc) is 3.25. The van der Waals surface area contributed by atoms with Crippen LogP contribution in [-0.4, -0.2) is 44.6 Å². The van der Waals surface area contributed by atoms with Crippen molar-refractivity contribution in [2.24, 2.45) is 0 Å². The van der Waals surface area contributed by atoms with Crippen LogP contribution < -0.4 is 11.1 Å². The van der Waals surface area contributed by atoms with E-state index in [4.69, 9.17) is 10.5 Å². The summed E-state index contributed by atoms with van der Waals surface area (Å²) in [5.74, 6) is -5.49. The first-order chi connectivity index (χ1) is 19.5. The fraction of sp³-hybridized carbons (Fsp3) is 0.393. The quantitative estimate of drug-likeness (QED) is 0.224. The van der Waals surface area contributed by atoms with Gasteiger partial charge in [-0.3, -0.25) is 4.79 Å². The van der Waals surface area contributed by atoms with Crippen molar-refractivity contribution in [2.45, 2.75) is 64.5 Å². The van der Waals surface area contributed by atoms with Gasteiger partial charge >= 0.3 is 12.3 Å². The SMILES string of the molecule is CC(C)(C)OC(=O)N[C@@H](CC(=O)N1CCn2c(C(F)(F)F)nc(-c3cccc(N)c3)c2C1)Cc1cc(F)c(F)cc1F. The van der Waals surface area contributed by atoms with Gasteiger partial charge in [-0.05, 0) is 51.0 Å². The third kappa shape index (κ3) is 7.15. The summed E-state index contributed by atoms with van der Waals surface area (Å²) in [5.41, 5.74) is 5.42. The van der Waals surface area contributed by atoms with Crippen LogP contribution in [0.25, 0.3) is 11.3 Å². The number of halogens is 6. The monoisotopic (exact) mass is 597 g/mol. The maximum Gasteiger partial charge on any atom is 0.449 e. The Bertz CT molecular complexity index is 1500. The molecule has 0 fully saturated rings. The zero-order valence-electron chi connectivity index (χ0n) is 23.0. The number of alkyl carbamates (subject to hydrolysis) is 1. The lowest BCUT2D eigenvalue weighted by Gasteiger charge is -2.31. The van der Waals surface area contributed by atoms with E-state index in [-0.39, 0.29) is 36.6 Å². The molecular weight excluding hydrogens is 568 g/mol. The number of hydrogen-bond acceptors (Lipinski definition) is 5. The molecule has 0 radical (unpaired) electrons. The molecule has 3 N–H and O–H groups in total. The summed E-state index contributed by atoms with van der Waals surface area (Å²) in [4.78, 5) is 31.1. The van der Waals surface area contributed by atoms with Gasteiger partial charge in [0.1, 0.15) is 11.4 Å². The van der Waals surface area contributed by atoms with Gasteiger partial charge in [0.15, 0.2) is 11.6 Å². The average molecular weight is 598 g/mol. The summed E-state index contributed by atoms with van der Waals surface area (Å²) >= 11 is 0. The Morgan fingerprint density at radius 3 is 2.38 bits per heavy atom. The highest BCUT2D eigenvalue weighted by atomic mass is 19.4. The summed E-state index contributed by atoms with van der Waals surface area (Å²) < 4.78 is 89.5. The molecule has 14 heteroatoms. The van der Waals surface area contributed by atoms with Crippen molar-refractivity contribution in [2.75, 3.05) is 12.3 Å². The third-order valence-electron chi connectivity index (χ3n) is 6.47. The van der Waals surface area contributed by atoms with E-state index in [1.165, 1.54) is 11.0 Å². The molecule has 1 aliphatic heterocycles. The Labute approximate surface area is 237 Å². The largest absolute Gasteiger partial charge is 0.449 e. The van der Waals surface area contributed by atoms with Crippen molar-refractivity contribution in [3.8, 4) is 11.3 Å². The second kappa shape index (κ2) is 11.6. The minimum absolute atomic E-state index is 0.0133. The highest BCUT2D eigenvalue weighted by Crippen LogP contribution is 2.36. The first-order valence-electron chi connectivity index (χ1n) is 12.9. The number of ether oxygens (including phenoxy) is 1. The normalized spacial score (nSPS) is 14.4. The van der Waals surface area contributed by atoms with Gasteiger partial charge in [-0.25, -0.2) is 22.9 Å². The number of amides is 2. The van der Waals surface area contributed by atoms with Gasteiger partial charge in [0.25, 0.3) is 0 Å². The summed E-state index contributed by atoms with van der Waals surface area (Å²) in [6.45, 7) is 4.24. The number of benzene rings is 2. The molecule has 4 rings (SSSR count). The molecule has 1 aromatic heterocycles. The molecule has 0 spiro atoms. The van der Waals surface area contributed by atoms with Crippen LogP contribution in [0.5, 0.6) is 0 Å².